The Labute approximate surface area is 113 Å². The SMILES string of the molecule is COc1cc2nc(-n3cccn3)[nH]c(=O)c2cc1OC. The van der Waals surface area contributed by atoms with Crippen LogP contribution in [0, 0.1) is 0 Å². The molecule has 1 aromatic carbocycles. The summed E-state index contributed by atoms with van der Waals surface area (Å²) in [6, 6.07) is 5.02. The molecule has 102 valence electrons. The highest BCUT2D eigenvalue weighted by molar-refractivity contribution is 5.82. The van der Waals surface area contributed by atoms with Crippen LogP contribution < -0.4 is 15.0 Å². The minimum atomic E-state index is -0.263. The van der Waals surface area contributed by atoms with Crippen molar-refractivity contribution in [2.45, 2.75) is 0 Å². The Kier molecular flexibility index (Phi) is 2.86. The maximum Gasteiger partial charge on any atom is 0.260 e. The molecule has 0 bridgehead atoms. The van der Waals surface area contributed by atoms with E-state index in [9.17, 15) is 4.79 Å². The maximum absolute atomic E-state index is 12.1. The lowest BCUT2D eigenvalue weighted by molar-refractivity contribution is 0.355. The van der Waals surface area contributed by atoms with Crippen molar-refractivity contribution >= 4 is 10.9 Å². The fourth-order valence-corrected chi connectivity index (χ4v) is 1.96. The average Bonchev–Trinajstić information content (AvgIpc) is 3.00. The summed E-state index contributed by atoms with van der Waals surface area (Å²) >= 11 is 0. The van der Waals surface area contributed by atoms with Gasteiger partial charge in [0.1, 0.15) is 0 Å². The van der Waals surface area contributed by atoms with Gasteiger partial charge in [-0.3, -0.25) is 9.78 Å². The van der Waals surface area contributed by atoms with E-state index in [0.717, 1.165) is 0 Å². The largest absolute Gasteiger partial charge is 0.493 e. The average molecular weight is 272 g/mol. The third kappa shape index (κ3) is 1.89. The monoisotopic (exact) mass is 272 g/mol. The Hall–Kier alpha value is -2.83. The van der Waals surface area contributed by atoms with Crippen molar-refractivity contribution in [2.24, 2.45) is 0 Å². The first-order chi connectivity index (χ1) is 9.72. The molecule has 0 radical (unpaired) electrons. The standard InChI is InChI=1S/C13H12N4O3/c1-19-10-6-8-9(7-11(10)20-2)15-13(16-12(8)18)17-5-3-4-14-17/h3-7H,1-2H3,(H,15,16,18). The number of benzene rings is 1. The highest BCUT2D eigenvalue weighted by Crippen LogP contribution is 2.29. The van der Waals surface area contributed by atoms with E-state index in [0.29, 0.717) is 28.4 Å². The van der Waals surface area contributed by atoms with Gasteiger partial charge in [-0.15, -0.1) is 0 Å². The maximum atomic E-state index is 12.1. The van der Waals surface area contributed by atoms with Gasteiger partial charge in [0.2, 0.25) is 5.95 Å². The van der Waals surface area contributed by atoms with Gasteiger partial charge in [-0.25, -0.2) is 9.67 Å². The zero-order chi connectivity index (χ0) is 14.1. The summed E-state index contributed by atoms with van der Waals surface area (Å²) in [5.41, 5.74) is 0.248. The van der Waals surface area contributed by atoms with Gasteiger partial charge < -0.3 is 9.47 Å². The van der Waals surface area contributed by atoms with Crippen LogP contribution in [0.25, 0.3) is 16.9 Å². The molecule has 7 nitrogen and oxygen atoms in total. The number of hydrogen-bond donors (Lipinski definition) is 1. The second kappa shape index (κ2) is 4.69. The molecule has 0 fully saturated rings. The first kappa shape index (κ1) is 12.2. The lowest BCUT2D eigenvalue weighted by Crippen LogP contribution is -2.14. The Morgan fingerprint density at radius 1 is 1.20 bits per heavy atom. The van der Waals surface area contributed by atoms with Crippen LogP contribution in [0.5, 0.6) is 11.5 Å². The van der Waals surface area contributed by atoms with Crippen LogP contribution in [0.3, 0.4) is 0 Å². The fourth-order valence-electron chi connectivity index (χ4n) is 1.96. The van der Waals surface area contributed by atoms with E-state index in [-0.39, 0.29) is 5.56 Å². The number of aromatic nitrogens is 4. The summed E-state index contributed by atoms with van der Waals surface area (Å²) in [6.45, 7) is 0. The lowest BCUT2D eigenvalue weighted by atomic mass is 10.2. The third-order valence-electron chi connectivity index (χ3n) is 2.92. The fraction of sp³-hybridized carbons (Fsp3) is 0.154. The molecule has 0 aliphatic carbocycles. The summed E-state index contributed by atoms with van der Waals surface area (Å²) < 4.78 is 11.9. The van der Waals surface area contributed by atoms with Crippen molar-refractivity contribution in [1.82, 2.24) is 19.7 Å². The summed E-state index contributed by atoms with van der Waals surface area (Å²) in [7, 11) is 3.05. The molecular formula is C13H12N4O3. The van der Waals surface area contributed by atoms with Crippen molar-refractivity contribution in [2.75, 3.05) is 14.2 Å². The van der Waals surface area contributed by atoms with Gasteiger partial charge in [0, 0.05) is 18.5 Å². The molecule has 0 spiro atoms. The van der Waals surface area contributed by atoms with Gasteiger partial charge in [0.15, 0.2) is 11.5 Å². The van der Waals surface area contributed by atoms with Gasteiger partial charge in [0.05, 0.1) is 25.1 Å². The molecule has 0 unspecified atom stereocenters. The second-order valence-electron chi connectivity index (χ2n) is 4.06. The highest BCUT2D eigenvalue weighted by atomic mass is 16.5. The van der Waals surface area contributed by atoms with Crippen molar-refractivity contribution < 1.29 is 9.47 Å². The lowest BCUT2D eigenvalue weighted by Gasteiger charge is -2.09. The molecule has 0 aliphatic heterocycles. The smallest absolute Gasteiger partial charge is 0.260 e. The highest BCUT2D eigenvalue weighted by Gasteiger charge is 2.11. The number of nitrogens with one attached hydrogen (secondary N) is 1. The quantitative estimate of drug-likeness (QED) is 0.772. The molecule has 20 heavy (non-hydrogen) atoms. The number of hydrogen-bond acceptors (Lipinski definition) is 5. The van der Waals surface area contributed by atoms with Gasteiger partial charge in [-0.1, -0.05) is 0 Å². The number of H-pyrrole nitrogens is 1. The Bertz CT molecular complexity index is 808. The molecule has 2 aromatic heterocycles. The topological polar surface area (TPSA) is 82.0 Å². The molecule has 0 atom stereocenters. The molecular weight excluding hydrogens is 260 g/mol. The van der Waals surface area contributed by atoms with Gasteiger partial charge in [-0.2, -0.15) is 5.10 Å². The predicted molar refractivity (Wildman–Crippen MR) is 72.6 cm³/mol. The molecule has 0 aliphatic rings. The number of methoxy groups -OCH3 is 2. The van der Waals surface area contributed by atoms with Crippen LogP contribution >= 0.6 is 0 Å². The van der Waals surface area contributed by atoms with Crippen molar-refractivity contribution in [3.63, 3.8) is 0 Å². The first-order valence-electron chi connectivity index (χ1n) is 5.89. The predicted octanol–water partition coefficient (Wildman–Crippen LogP) is 1.13. The van der Waals surface area contributed by atoms with Gasteiger partial charge in [0.25, 0.3) is 5.56 Å². The van der Waals surface area contributed by atoms with E-state index >= 15 is 0 Å². The van der Waals surface area contributed by atoms with Crippen LogP contribution in [0.1, 0.15) is 0 Å². The number of nitrogens with zero attached hydrogens (tertiary/aromatic N) is 3. The number of rotatable bonds is 3. The van der Waals surface area contributed by atoms with E-state index in [1.807, 2.05) is 0 Å². The second-order valence-corrected chi connectivity index (χ2v) is 4.06. The Morgan fingerprint density at radius 3 is 2.60 bits per heavy atom. The van der Waals surface area contributed by atoms with Crippen LogP contribution in [-0.4, -0.2) is 34.0 Å². The van der Waals surface area contributed by atoms with Crippen LogP contribution in [0.15, 0.2) is 35.4 Å². The first-order valence-corrected chi connectivity index (χ1v) is 5.89. The summed E-state index contributed by atoms with van der Waals surface area (Å²) in [5.74, 6) is 1.35. The van der Waals surface area contributed by atoms with Crippen LogP contribution in [0.2, 0.25) is 0 Å². The zero-order valence-electron chi connectivity index (χ0n) is 11.0. The minimum Gasteiger partial charge on any atom is -0.493 e. The molecule has 2 heterocycles. The van der Waals surface area contributed by atoms with E-state index in [1.165, 1.54) is 18.9 Å². The van der Waals surface area contributed by atoms with Crippen molar-refractivity contribution in [1.29, 1.82) is 0 Å². The molecule has 0 saturated heterocycles. The summed E-state index contributed by atoms with van der Waals surface area (Å²) in [6.07, 6.45) is 3.31. The summed E-state index contributed by atoms with van der Waals surface area (Å²) in [5, 5.41) is 4.47. The van der Waals surface area contributed by atoms with E-state index < -0.39 is 0 Å². The molecule has 0 amide bonds. The van der Waals surface area contributed by atoms with E-state index in [2.05, 4.69) is 15.1 Å². The van der Waals surface area contributed by atoms with Crippen molar-refractivity contribution in [3.05, 3.63) is 40.9 Å². The number of ether oxygens (including phenoxy) is 2. The van der Waals surface area contributed by atoms with Gasteiger partial charge >= 0.3 is 0 Å². The van der Waals surface area contributed by atoms with Crippen LogP contribution in [0.4, 0.5) is 0 Å². The van der Waals surface area contributed by atoms with Gasteiger partial charge in [-0.05, 0) is 12.1 Å². The Balaban J connectivity index is 2.28. The number of fused-ring (bicyclic) bond motifs is 1. The van der Waals surface area contributed by atoms with Crippen molar-refractivity contribution in [3.8, 4) is 17.4 Å². The van der Waals surface area contributed by atoms with Crippen LogP contribution in [-0.2, 0) is 0 Å². The molecule has 7 heteroatoms. The molecule has 1 N–H and O–H groups in total. The minimum absolute atomic E-state index is 0.263. The third-order valence-corrected chi connectivity index (χ3v) is 2.92. The zero-order valence-corrected chi connectivity index (χ0v) is 11.0. The molecule has 3 rings (SSSR count). The molecule has 3 aromatic rings. The van der Waals surface area contributed by atoms with E-state index in [1.54, 1.807) is 30.6 Å². The Morgan fingerprint density at radius 2 is 1.95 bits per heavy atom. The van der Waals surface area contributed by atoms with E-state index in [4.69, 9.17) is 9.47 Å². The number of aromatic amines is 1. The molecule has 0 saturated carbocycles. The summed E-state index contributed by atoms with van der Waals surface area (Å²) in [4.78, 5) is 19.2. The normalized spacial score (nSPS) is 10.7.